The topological polar surface area (TPSA) is 191 Å². The van der Waals surface area contributed by atoms with E-state index in [1.54, 1.807) is 21.7 Å². The smallest absolute Gasteiger partial charge is 0.261 e. The number of guanidine groups is 1. The summed E-state index contributed by atoms with van der Waals surface area (Å²) < 4.78 is 1.58. The number of hydrogen-bond acceptors (Lipinski definition) is 7. The highest BCUT2D eigenvalue weighted by atomic mass is 16.2. The fraction of sp³-hybridized carbons (Fsp3) is 0.609. The molecule has 0 saturated heterocycles. The van der Waals surface area contributed by atoms with Crippen LogP contribution in [-0.4, -0.2) is 68.8 Å². The summed E-state index contributed by atoms with van der Waals surface area (Å²) >= 11 is 0. The number of nitrogen functional groups attached to an aromatic ring is 1. The summed E-state index contributed by atoms with van der Waals surface area (Å²) in [6, 6.07) is 1.77. The van der Waals surface area contributed by atoms with Crippen LogP contribution in [0.2, 0.25) is 0 Å². The number of amides is 1. The Balaban J connectivity index is 2.20. The van der Waals surface area contributed by atoms with Gasteiger partial charge in [-0.05, 0) is 25.3 Å². The molecular weight excluding hydrogens is 450 g/mol. The minimum atomic E-state index is -0.368. The summed E-state index contributed by atoms with van der Waals surface area (Å²) in [4.78, 5) is 50.3. The number of nitrogens with zero attached hydrogens (tertiary/aromatic N) is 4. The lowest BCUT2D eigenvalue weighted by molar-refractivity contribution is -0.137. The Labute approximate surface area is 205 Å². The Morgan fingerprint density at radius 2 is 1.94 bits per heavy atom. The number of nitrogens with two attached hydrogens (primary N) is 3. The second kappa shape index (κ2) is 12.9. The van der Waals surface area contributed by atoms with Crippen molar-refractivity contribution in [1.82, 2.24) is 24.8 Å². The molecule has 0 radical (unpaired) electrons. The fourth-order valence-electron chi connectivity index (χ4n) is 3.77. The molecule has 0 aliphatic rings. The van der Waals surface area contributed by atoms with Crippen LogP contribution in [0.4, 0.5) is 5.95 Å². The number of ketones is 1. The summed E-state index contributed by atoms with van der Waals surface area (Å²) in [6.07, 6.45) is 4.08. The van der Waals surface area contributed by atoms with Crippen molar-refractivity contribution < 1.29 is 9.59 Å². The molecule has 0 bridgehead atoms. The monoisotopic (exact) mass is 489 g/mol. The molecule has 194 valence electrons. The number of aromatic nitrogens is 3. The highest BCUT2D eigenvalue weighted by Crippen LogP contribution is 2.12. The van der Waals surface area contributed by atoms with E-state index < -0.39 is 0 Å². The number of hydrogen-bond donors (Lipinski definition) is 5. The number of carbonyl (C=O) groups excluding carboxylic acids is 2. The first kappa shape index (κ1) is 27.8. The summed E-state index contributed by atoms with van der Waals surface area (Å²) in [5, 5.41) is 3.84. The molecule has 0 aromatic carbocycles. The SMILES string of the molecule is CC(C)N[C@@H](CCCCN=C(N)N)CN(CC(=O)C(C)C)C(=O)Cn1ccc2c(=O)[nH]c(N)nc21. The Kier molecular flexibility index (Phi) is 10.2. The summed E-state index contributed by atoms with van der Waals surface area (Å²) in [5.41, 5.74) is 16.4. The molecule has 0 fully saturated rings. The number of aliphatic imine (C=N–C) groups is 1. The van der Waals surface area contributed by atoms with E-state index in [-0.39, 0.29) is 60.2 Å². The van der Waals surface area contributed by atoms with Crippen molar-refractivity contribution in [2.45, 2.75) is 65.6 Å². The molecule has 0 saturated carbocycles. The molecule has 12 nitrogen and oxygen atoms in total. The predicted molar refractivity (Wildman–Crippen MR) is 138 cm³/mol. The number of Topliss-reactive ketones (excluding diaryl/α,β-unsaturated/α-hetero) is 1. The quantitative estimate of drug-likeness (QED) is 0.141. The summed E-state index contributed by atoms with van der Waals surface area (Å²) in [7, 11) is 0. The van der Waals surface area contributed by atoms with E-state index in [1.807, 2.05) is 27.7 Å². The van der Waals surface area contributed by atoms with Crippen molar-refractivity contribution in [3.05, 3.63) is 22.6 Å². The van der Waals surface area contributed by atoms with E-state index in [1.165, 1.54) is 0 Å². The lowest BCUT2D eigenvalue weighted by Crippen LogP contribution is -2.48. The predicted octanol–water partition coefficient (Wildman–Crippen LogP) is 0.171. The lowest BCUT2D eigenvalue weighted by atomic mass is 10.1. The highest BCUT2D eigenvalue weighted by Gasteiger charge is 2.24. The van der Waals surface area contributed by atoms with Gasteiger partial charge in [0.1, 0.15) is 12.2 Å². The van der Waals surface area contributed by atoms with Gasteiger partial charge in [0.15, 0.2) is 11.7 Å². The minimum Gasteiger partial charge on any atom is -0.370 e. The van der Waals surface area contributed by atoms with E-state index in [4.69, 9.17) is 17.2 Å². The molecule has 1 amide bonds. The van der Waals surface area contributed by atoms with Crippen LogP contribution in [0.3, 0.4) is 0 Å². The number of rotatable bonds is 14. The molecular formula is C23H39N9O3. The first-order chi connectivity index (χ1) is 16.5. The van der Waals surface area contributed by atoms with Crippen molar-refractivity contribution in [2.24, 2.45) is 22.4 Å². The minimum absolute atomic E-state index is 0.0100. The van der Waals surface area contributed by atoms with Gasteiger partial charge >= 0.3 is 0 Å². The van der Waals surface area contributed by atoms with E-state index in [0.29, 0.717) is 24.1 Å². The van der Waals surface area contributed by atoms with Crippen LogP contribution in [0, 0.1) is 5.92 Å². The molecule has 2 rings (SSSR count). The maximum atomic E-state index is 13.4. The van der Waals surface area contributed by atoms with Crippen molar-refractivity contribution >= 4 is 34.6 Å². The molecule has 1 atom stereocenters. The van der Waals surface area contributed by atoms with Crippen molar-refractivity contribution in [1.29, 1.82) is 0 Å². The van der Waals surface area contributed by atoms with Gasteiger partial charge in [0.2, 0.25) is 11.9 Å². The van der Waals surface area contributed by atoms with Gasteiger partial charge in [-0.2, -0.15) is 4.98 Å². The van der Waals surface area contributed by atoms with Crippen molar-refractivity contribution in [3.63, 3.8) is 0 Å². The van der Waals surface area contributed by atoms with Gasteiger partial charge in [0.25, 0.3) is 5.56 Å². The van der Waals surface area contributed by atoms with E-state index in [2.05, 4.69) is 20.3 Å². The van der Waals surface area contributed by atoms with E-state index in [9.17, 15) is 14.4 Å². The second-order valence-corrected chi connectivity index (χ2v) is 9.35. The van der Waals surface area contributed by atoms with Crippen LogP contribution in [0.1, 0.15) is 47.0 Å². The first-order valence-electron chi connectivity index (χ1n) is 11.9. The van der Waals surface area contributed by atoms with Crippen LogP contribution in [0.25, 0.3) is 11.0 Å². The van der Waals surface area contributed by atoms with Gasteiger partial charge < -0.3 is 32.0 Å². The Hall–Kier alpha value is -3.41. The zero-order valence-corrected chi connectivity index (χ0v) is 21.1. The van der Waals surface area contributed by atoms with Gasteiger partial charge in [0.05, 0.1) is 11.9 Å². The van der Waals surface area contributed by atoms with Crippen LogP contribution in [-0.2, 0) is 16.1 Å². The largest absolute Gasteiger partial charge is 0.370 e. The average molecular weight is 490 g/mol. The molecule has 12 heteroatoms. The van der Waals surface area contributed by atoms with Crippen LogP contribution < -0.4 is 28.1 Å². The van der Waals surface area contributed by atoms with Crippen LogP contribution >= 0.6 is 0 Å². The number of anilines is 1. The zero-order valence-electron chi connectivity index (χ0n) is 21.1. The number of nitrogens with one attached hydrogen (secondary N) is 2. The zero-order chi connectivity index (χ0) is 26.1. The van der Waals surface area contributed by atoms with Gasteiger partial charge in [-0.15, -0.1) is 0 Å². The molecule has 0 unspecified atom stereocenters. The molecule has 2 heterocycles. The maximum absolute atomic E-state index is 13.4. The Morgan fingerprint density at radius 1 is 1.23 bits per heavy atom. The third kappa shape index (κ3) is 8.71. The Morgan fingerprint density at radius 3 is 2.57 bits per heavy atom. The number of aromatic amines is 1. The number of fused-ring (bicyclic) bond motifs is 1. The number of carbonyl (C=O) groups is 2. The van der Waals surface area contributed by atoms with Gasteiger partial charge in [-0.3, -0.25) is 24.4 Å². The third-order valence-electron chi connectivity index (χ3n) is 5.56. The third-order valence-corrected chi connectivity index (χ3v) is 5.56. The first-order valence-corrected chi connectivity index (χ1v) is 11.9. The molecule has 0 spiro atoms. The summed E-state index contributed by atoms with van der Waals surface area (Å²) in [6.45, 7) is 8.57. The second-order valence-electron chi connectivity index (χ2n) is 9.35. The van der Waals surface area contributed by atoms with Crippen molar-refractivity contribution in [3.8, 4) is 0 Å². The Bertz CT molecular complexity index is 1080. The van der Waals surface area contributed by atoms with E-state index in [0.717, 1.165) is 19.3 Å². The molecule has 2 aromatic heterocycles. The standard InChI is InChI=1S/C23H39N9O3/c1-14(2)18(33)12-32(11-16(28-15(3)4)7-5-6-9-27-22(24)25)19(34)13-31-10-8-17-20(31)29-23(26)30-21(17)35/h8,10,14-16,28H,5-7,9,11-13H2,1-4H3,(H4,24,25,27)(H3,26,29,30,35)/t16-/m0/s1. The average Bonchev–Trinajstić information content (AvgIpc) is 3.14. The lowest BCUT2D eigenvalue weighted by Gasteiger charge is -2.30. The van der Waals surface area contributed by atoms with Crippen LogP contribution in [0.15, 0.2) is 22.1 Å². The van der Waals surface area contributed by atoms with E-state index >= 15 is 0 Å². The summed E-state index contributed by atoms with van der Waals surface area (Å²) in [5.74, 6) is -0.419. The van der Waals surface area contributed by atoms with Gasteiger partial charge in [0, 0.05) is 37.3 Å². The fourth-order valence-corrected chi connectivity index (χ4v) is 3.77. The number of H-pyrrole nitrogens is 1. The van der Waals surface area contributed by atoms with Crippen LogP contribution in [0.5, 0.6) is 0 Å². The number of unbranched alkanes of at least 4 members (excludes halogenated alkanes) is 1. The van der Waals surface area contributed by atoms with Crippen molar-refractivity contribution in [2.75, 3.05) is 25.4 Å². The molecule has 0 aliphatic carbocycles. The molecule has 0 aliphatic heterocycles. The van der Waals surface area contributed by atoms with Gasteiger partial charge in [-0.25, -0.2) is 0 Å². The highest BCUT2D eigenvalue weighted by molar-refractivity contribution is 5.88. The molecule has 2 aromatic rings. The molecule has 8 N–H and O–H groups in total. The maximum Gasteiger partial charge on any atom is 0.261 e. The normalized spacial score (nSPS) is 12.3. The molecule has 35 heavy (non-hydrogen) atoms. The van der Waals surface area contributed by atoms with Gasteiger partial charge in [-0.1, -0.05) is 27.7 Å².